The van der Waals surface area contributed by atoms with Gasteiger partial charge in [-0.05, 0) is 4.96 Å². The Balaban J connectivity index is 2.41. The van der Waals surface area contributed by atoms with Crippen molar-refractivity contribution in [2.75, 3.05) is 7.05 Å². The third-order valence-electron chi connectivity index (χ3n) is 0.344. The first-order valence-corrected chi connectivity index (χ1v) is 4.17. The Kier molecular flexibility index (Phi) is 1.16. The summed E-state index contributed by atoms with van der Waals surface area (Å²) in [6.45, 7) is -0.226. The van der Waals surface area contributed by atoms with Gasteiger partial charge in [-0.1, -0.05) is 0 Å². The fourth-order valence-corrected chi connectivity index (χ4v) is 1.28. The van der Waals surface area contributed by atoms with Crippen LogP contribution in [0.4, 0.5) is 0 Å². The van der Waals surface area contributed by atoms with E-state index in [0.29, 0.717) is 0 Å². The molecule has 1 aliphatic heterocycles. The summed E-state index contributed by atoms with van der Waals surface area (Å²) in [6.07, 6.45) is 0. The molecule has 32 valence electrons. The van der Waals surface area contributed by atoms with Crippen LogP contribution >= 0.6 is 18.1 Å². The van der Waals surface area contributed by atoms with Crippen LogP contribution in [0.15, 0.2) is 10.00 Å². The number of hydrogen-bond donors (Lipinski definition) is 0. The van der Waals surface area contributed by atoms with Crippen molar-refractivity contribution in [1.82, 2.24) is 0 Å². The van der Waals surface area contributed by atoms with Crippen LogP contribution in [0.3, 0.4) is 0 Å². The summed E-state index contributed by atoms with van der Waals surface area (Å²) >= 11 is 1.65. The van der Waals surface area contributed by atoms with Gasteiger partial charge in [0.2, 0.25) is 0 Å². The molecule has 2 nitrogen and oxygen atoms in total. The molecule has 1 heterocycles. The molecule has 1 atom stereocenters. The summed E-state index contributed by atoms with van der Waals surface area (Å²) < 4.78 is 0. The third-order valence-corrected chi connectivity index (χ3v) is 2.29. The van der Waals surface area contributed by atoms with E-state index >= 15 is 0 Å². The van der Waals surface area contributed by atoms with Gasteiger partial charge in [-0.2, -0.15) is 5.11 Å². The van der Waals surface area contributed by atoms with Crippen LogP contribution in [0.25, 0.3) is 0 Å². The SMILES string of the molecule is CN=NP1#CS1. The second-order valence-corrected chi connectivity index (χ2v) is 3.97. The van der Waals surface area contributed by atoms with E-state index < -0.39 is 0 Å². The molecular formula is C2H3N2PS. The van der Waals surface area contributed by atoms with Gasteiger partial charge in [0, 0.05) is 18.4 Å². The van der Waals surface area contributed by atoms with Crippen LogP contribution in [0.1, 0.15) is 0 Å². The lowest BCUT2D eigenvalue weighted by atomic mass is 11.6. The third kappa shape index (κ3) is 1.02. The van der Waals surface area contributed by atoms with Gasteiger partial charge in [0.15, 0.2) is 0 Å². The van der Waals surface area contributed by atoms with E-state index in [4.69, 9.17) is 0 Å². The Bertz CT molecular complexity index is 150. The molecule has 0 aliphatic carbocycles. The molecule has 0 saturated heterocycles. The largest absolute Gasteiger partial charge is 0.188 e. The fraction of sp³-hybridized carbons (Fsp3) is 0.500. The summed E-state index contributed by atoms with van der Waals surface area (Å²) in [5, 5.41) is 3.57. The Hall–Kier alpha value is 0.0300. The van der Waals surface area contributed by atoms with Crippen molar-refractivity contribution in [2.24, 2.45) is 10.00 Å². The molecule has 0 saturated carbocycles. The molecule has 0 spiro atoms. The number of hydrogen-bond acceptors (Lipinski definition) is 3. The molecule has 0 aromatic carbocycles. The van der Waals surface area contributed by atoms with Crippen molar-refractivity contribution < 1.29 is 0 Å². The molecular weight excluding hydrogens is 115 g/mol. The van der Waals surface area contributed by atoms with Crippen LogP contribution in [-0.4, -0.2) is 7.05 Å². The minimum atomic E-state index is -0.226. The minimum Gasteiger partial charge on any atom is -0.188 e. The fourth-order valence-electron chi connectivity index (χ4n) is 0.136. The Labute approximate surface area is 40.9 Å². The van der Waals surface area contributed by atoms with Crippen LogP contribution in [0.5, 0.6) is 0 Å². The van der Waals surface area contributed by atoms with Crippen molar-refractivity contribution in [2.45, 2.75) is 0 Å². The first-order chi connectivity index (χ1) is 2.93. The van der Waals surface area contributed by atoms with E-state index in [-0.39, 0.29) is 6.73 Å². The zero-order valence-corrected chi connectivity index (χ0v) is 4.96. The first kappa shape index (κ1) is 4.20. The molecule has 4 heteroatoms. The summed E-state index contributed by atoms with van der Waals surface area (Å²) in [4.78, 5) is 6.73. The Morgan fingerprint density at radius 3 is 2.67 bits per heavy atom. The first-order valence-electron chi connectivity index (χ1n) is 1.46. The van der Waals surface area contributed by atoms with Gasteiger partial charge in [0.1, 0.15) is 6.73 Å². The lowest BCUT2D eigenvalue weighted by molar-refractivity contribution is 1.26. The van der Waals surface area contributed by atoms with E-state index in [1.807, 2.05) is 0 Å². The van der Waals surface area contributed by atoms with Gasteiger partial charge >= 0.3 is 0 Å². The van der Waals surface area contributed by atoms with E-state index in [0.717, 1.165) is 0 Å². The van der Waals surface area contributed by atoms with Crippen molar-refractivity contribution in [3.8, 4) is 4.96 Å². The molecule has 0 fully saturated rings. The topological polar surface area (TPSA) is 24.7 Å². The van der Waals surface area contributed by atoms with Crippen LogP contribution in [0, 0.1) is 4.96 Å². The minimum absolute atomic E-state index is 0.226. The molecule has 1 unspecified atom stereocenters. The van der Waals surface area contributed by atoms with E-state index in [1.54, 1.807) is 18.4 Å². The van der Waals surface area contributed by atoms with Crippen molar-refractivity contribution >= 4 is 18.1 Å². The smallest absolute Gasteiger partial charge is 0.120 e. The Morgan fingerprint density at radius 2 is 2.50 bits per heavy atom. The van der Waals surface area contributed by atoms with Gasteiger partial charge in [0.25, 0.3) is 0 Å². The zero-order valence-electron chi connectivity index (χ0n) is 3.25. The highest BCUT2D eigenvalue weighted by Crippen LogP contribution is 2.51. The van der Waals surface area contributed by atoms with Crippen molar-refractivity contribution in [3.63, 3.8) is 0 Å². The molecule has 0 bridgehead atoms. The van der Waals surface area contributed by atoms with Gasteiger partial charge < -0.3 is 0 Å². The second-order valence-electron chi connectivity index (χ2n) is 0.745. The quantitative estimate of drug-likeness (QED) is 0.353. The average Bonchev–Trinajstić information content (AvgIpc) is 2.21. The predicted molar refractivity (Wildman–Crippen MR) is 29.2 cm³/mol. The van der Waals surface area contributed by atoms with Crippen molar-refractivity contribution in [1.29, 1.82) is 0 Å². The highest BCUT2D eigenvalue weighted by atomic mass is 32.7. The predicted octanol–water partition coefficient (Wildman–Crippen LogP) is 2.04. The maximum absolute atomic E-state index is 3.78. The van der Waals surface area contributed by atoms with Crippen LogP contribution in [0.2, 0.25) is 0 Å². The normalized spacial score (nSPS) is 23.2. The summed E-state index contributed by atoms with van der Waals surface area (Å²) in [5.41, 5.74) is 0. The molecule has 0 aromatic heterocycles. The lowest BCUT2D eigenvalue weighted by Gasteiger charge is -1.62. The molecule has 1 aliphatic rings. The second kappa shape index (κ2) is 1.65. The van der Waals surface area contributed by atoms with E-state index in [1.165, 1.54) is 0 Å². The monoisotopic (exact) mass is 118 g/mol. The summed E-state index contributed by atoms with van der Waals surface area (Å²) in [5.74, 6) is 0. The highest BCUT2D eigenvalue weighted by Gasteiger charge is 1.98. The zero-order chi connectivity index (χ0) is 4.41. The number of nitrogens with zero attached hydrogens (tertiary/aromatic N) is 2. The van der Waals surface area contributed by atoms with Gasteiger partial charge in [-0.3, -0.25) is 0 Å². The lowest BCUT2D eigenvalue weighted by Crippen LogP contribution is -1.30. The van der Waals surface area contributed by atoms with Gasteiger partial charge in [-0.15, -0.1) is 4.88 Å². The number of rotatable bonds is 0. The van der Waals surface area contributed by atoms with E-state index in [2.05, 4.69) is 15.0 Å². The maximum atomic E-state index is 3.78. The Morgan fingerprint density at radius 1 is 1.83 bits per heavy atom. The standard InChI is InChI=1S/C2H3N2PS/c1-3-4-5-2-6-5/h1H3. The average molecular weight is 118 g/mol. The molecule has 1 rings (SSSR count). The molecule has 6 heavy (non-hydrogen) atoms. The summed E-state index contributed by atoms with van der Waals surface area (Å²) in [6, 6.07) is 0. The van der Waals surface area contributed by atoms with Crippen LogP contribution in [-0.2, 0) is 0 Å². The van der Waals surface area contributed by atoms with Crippen molar-refractivity contribution in [3.05, 3.63) is 0 Å². The van der Waals surface area contributed by atoms with Gasteiger partial charge in [-0.25, -0.2) is 0 Å². The van der Waals surface area contributed by atoms with E-state index in [9.17, 15) is 0 Å². The molecule has 0 N–H and O–H groups in total. The van der Waals surface area contributed by atoms with Crippen LogP contribution < -0.4 is 0 Å². The molecule has 0 aromatic rings. The van der Waals surface area contributed by atoms with Gasteiger partial charge in [0.05, 0.1) is 0 Å². The molecule has 0 radical (unpaired) electrons. The summed E-state index contributed by atoms with van der Waals surface area (Å²) in [7, 11) is 1.68. The highest BCUT2D eigenvalue weighted by molar-refractivity contribution is 8.64. The molecule has 0 amide bonds. The maximum Gasteiger partial charge on any atom is 0.120 e.